The molecule has 3 aliphatic rings. The molecule has 1 atom stereocenters. The lowest BCUT2D eigenvalue weighted by molar-refractivity contribution is 0.208. The second kappa shape index (κ2) is 12.7. The van der Waals surface area contributed by atoms with Gasteiger partial charge in [-0.2, -0.15) is 4.98 Å². The average Bonchev–Trinajstić information content (AvgIpc) is 3.29. The Morgan fingerprint density at radius 1 is 0.977 bits per heavy atom. The fourth-order valence-electron chi connectivity index (χ4n) is 8.19. The third kappa shape index (κ3) is 5.57. The number of fused-ring (bicyclic) bond motifs is 7. The van der Waals surface area contributed by atoms with E-state index in [1.807, 2.05) is 36.4 Å². The Morgan fingerprint density at radius 3 is 2.52 bits per heavy atom. The first-order valence-electron chi connectivity index (χ1n) is 16.5. The number of halogens is 2. The van der Waals surface area contributed by atoms with Crippen molar-refractivity contribution in [3.05, 3.63) is 103 Å². The van der Waals surface area contributed by atoms with Crippen molar-refractivity contribution in [2.75, 3.05) is 19.6 Å². The normalized spacial score (nSPS) is 18.9. The lowest BCUT2D eigenvalue weighted by atomic mass is 9.69. The van der Waals surface area contributed by atoms with Crippen LogP contribution in [0.4, 0.5) is 0 Å². The van der Waals surface area contributed by atoms with Crippen molar-refractivity contribution in [1.82, 2.24) is 14.5 Å². The second-order valence-corrected chi connectivity index (χ2v) is 14.5. The highest BCUT2D eigenvalue weighted by Gasteiger charge is 2.46. The van der Waals surface area contributed by atoms with Gasteiger partial charge in [-0.1, -0.05) is 74.0 Å². The summed E-state index contributed by atoms with van der Waals surface area (Å²) >= 11 is 9.64. The molecule has 0 bridgehead atoms. The van der Waals surface area contributed by atoms with Gasteiger partial charge >= 0.3 is 0 Å². The third-order valence-corrected chi connectivity index (χ3v) is 11.5. The molecule has 1 aliphatic carbocycles. The molecule has 1 saturated carbocycles. The van der Waals surface area contributed by atoms with Crippen molar-refractivity contribution >= 4 is 38.4 Å². The number of rotatable bonds is 8. The molecule has 5 nitrogen and oxygen atoms in total. The summed E-state index contributed by atoms with van der Waals surface area (Å²) in [5.74, 6) is 1.54. The van der Waals surface area contributed by atoms with Crippen molar-refractivity contribution in [1.29, 1.82) is 0 Å². The Hall–Kier alpha value is -2.51. The van der Waals surface area contributed by atoms with Gasteiger partial charge in [0.15, 0.2) is 0 Å². The Bertz CT molecular complexity index is 1700. The molecule has 0 amide bonds. The summed E-state index contributed by atoms with van der Waals surface area (Å²) in [7, 11) is 0. The zero-order chi connectivity index (χ0) is 30.3. The second-order valence-electron chi connectivity index (χ2n) is 13.3. The summed E-state index contributed by atoms with van der Waals surface area (Å²) < 4.78 is 3.12. The Balaban J connectivity index is 1.02. The number of aromatic nitrogens is 2. The number of unbranched alkanes of at least 4 members (excludes halogenated alkanes) is 2. The van der Waals surface area contributed by atoms with E-state index in [9.17, 15) is 4.79 Å². The minimum Gasteiger partial charge on any atom is -0.324 e. The molecular weight excluding hydrogens is 632 g/mol. The van der Waals surface area contributed by atoms with Gasteiger partial charge in [0.25, 0.3) is 5.56 Å². The number of piperidine rings is 1. The molecule has 7 rings (SSSR count). The maximum Gasteiger partial charge on any atom is 0.281 e. The summed E-state index contributed by atoms with van der Waals surface area (Å²) in [6, 6.07) is 21.3. The molecule has 2 N–H and O–H groups in total. The molecule has 0 radical (unpaired) electrons. The lowest BCUT2D eigenvalue weighted by Crippen LogP contribution is -2.34. The minimum absolute atomic E-state index is 0.0907. The number of hydrogen-bond donors (Lipinski definition) is 1. The first-order chi connectivity index (χ1) is 21.4. The highest BCUT2D eigenvalue weighted by atomic mass is 79.9. The summed E-state index contributed by atoms with van der Waals surface area (Å²) in [5, 5.41) is 1.44. The molecule has 1 spiro atoms. The molecule has 230 valence electrons. The molecule has 0 unspecified atom stereocenters. The van der Waals surface area contributed by atoms with E-state index in [-0.39, 0.29) is 17.0 Å². The lowest BCUT2D eigenvalue weighted by Gasteiger charge is -2.35. The summed E-state index contributed by atoms with van der Waals surface area (Å²) in [6.45, 7) is 3.49. The Labute approximate surface area is 273 Å². The fraction of sp³-hybridized carbons (Fsp3) is 0.459. The van der Waals surface area contributed by atoms with Gasteiger partial charge < -0.3 is 10.6 Å². The van der Waals surface area contributed by atoms with Crippen molar-refractivity contribution in [3.63, 3.8) is 0 Å². The molecule has 1 saturated heterocycles. The standard InChI is InChI=1S/C37H42BrClN4O/c38-30-8-7-10-33-34(30)35(44)41-36-37(19-4-2-5-20-37)29-24-27(13-16-32(29)43(33)36)25-17-22-42(23-18-25)21-6-1-3-9-31(40)26-11-14-28(39)15-12-26/h7-8,10-16,24-25,31H,1-6,9,17-23,40H2/t31-/m0/s1. The SMILES string of the molecule is N[C@@H](CCCCCN1CCC(c2ccc3c(c2)C2(CCCCC2)c2nc(=O)c4c(Br)cccc4n2-3)CC1)c1ccc(Cl)cc1. The van der Waals surface area contributed by atoms with E-state index in [2.05, 4.69) is 49.7 Å². The van der Waals surface area contributed by atoms with Gasteiger partial charge in [0, 0.05) is 15.5 Å². The van der Waals surface area contributed by atoms with Crippen LogP contribution in [0.2, 0.25) is 5.02 Å². The predicted octanol–water partition coefficient (Wildman–Crippen LogP) is 8.81. The molecule has 44 heavy (non-hydrogen) atoms. The van der Waals surface area contributed by atoms with Crippen LogP contribution in [0.1, 0.15) is 105 Å². The van der Waals surface area contributed by atoms with Crippen LogP contribution in [0.25, 0.3) is 16.6 Å². The topological polar surface area (TPSA) is 64.2 Å². The van der Waals surface area contributed by atoms with Crippen LogP contribution in [0.5, 0.6) is 0 Å². The van der Waals surface area contributed by atoms with Gasteiger partial charge in [-0.25, -0.2) is 0 Å². The van der Waals surface area contributed by atoms with Crippen molar-refractivity contribution < 1.29 is 0 Å². The molecule has 2 fully saturated rings. The Kier molecular flexibility index (Phi) is 8.71. The van der Waals surface area contributed by atoms with Gasteiger partial charge in [-0.05, 0) is 127 Å². The molecule has 3 aromatic carbocycles. The number of nitrogens with zero attached hydrogens (tertiary/aromatic N) is 3. The van der Waals surface area contributed by atoms with E-state index in [0.29, 0.717) is 11.3 Å². The zero-order valence-corrected chi connectivity index (χ0v) is 27.8. The summed E-state index contributed by atoms with van der Waals surface area (Å²) in [6.07, 6.45) is 12.8. The third-order valence-electron chi connectivity index (χ3n) is 10.6. The smallest absolute Gasteiger partial charge is 0.281 e. The van der Waals surface area contributed by atoms with Gasteiger partial charge in [0.2, 0.25) is 0 Å². The molecule has 3 heterocycles. The Morgan fingerprint density at radius 2 is 1.75 bits per heavy atom. The maximum atomic E-state index is 13.3. The van der Waals surface area contributed by atoms with E-state index in [1.54, 1.807) is 0 Å². The summed E-state index contributed by atoms with van der Waals surface area (Å²) in [4.78, 5) is 20.8. The maximum absolute atomic E-state index is 13.3. The molecular formula is C37H42BrClN4O. The van der Waals surface area contributed by atoms with Crippen molar-refractivity contribution in [2.45, 2.75) is 88.0 Å². The van der Waals surface area contributed by atoms with E-state index in [1.165, 1.54) is 73.9 Å². The first-order valence-corrected chi connectivity index (χ1v) is 17.7. The minimum atomic E-state index is -0.157. The van der Waals surface area contributed by atoms with Gasteiger partial charge in [0.1, 0.15) is 5.82 Å². The van der Waals surface area contributed by atoms with Crippen LogP contribution >= 0.6 is 27.5 Å². The fourth-order valence-corrected chi connectivity index (χ4v) is 8.84. The van der Waals surface area contributed by atoms with Gasteiger partial charge in [-0.15, -0.1) is 0 Å². The van der Waals surface area contributed by atoms with Crippen LogP contribution in [-0.4, -0.2) is 34.1 Å². The van der Waals surface area contributed by atoms with Crippen LogP contribution < -0.4 is 11.3 Å². The number of hydrogen-bond acceptors (Lipinski definition) is 4. The highest BCUT2D eigenvalue weighted by molar-refractivity contribution is 9.10. The van der Waals surface area contributed by atoms with E-state index < -0.39 is 0 Å². The number of likely N-dealkylation sites (tertiary alicyclic amines) is 1. The molecule has 2 aliphatic heterocycles. The van der Waals surface area contributed by atoms with Crippen LogP contribution in [0, 0.1) is 0 Å². The highest BCUT2D eigenvalue weighted by Crippen LogP contribution is 2.52. The average molecular weight is 674 g/mol. The number of benzene rings is 3. The quantitative estimate of drug-likeness (QED) is 0.190. The number of nitrogens with two attached hydrogens (primary N) is 1. The molecule has 1 aromatic heterocycles. The molecule has 4 aromatic rings. The van der Waals surface area contributed by atoms with Crippen LogP contribution in [0.3, 0.4) is 0 Å². The van der Waals surface area contributed by atoms with E-state index in [4.69, 9.17) is 22.3 Å². The van der Waals surface area contributed by atoms with E-state index in [0.717, 1.165) is 59.6 Å². The first kappa shape index (κ1) is 30.2. The van der Waals surface area contributed by atoms with Crippen LogP contribution in [-0.2, 0) is 5.41 Å². The van der Waals surface area contributed by atoms with Gasteiger partial charge in [0.05, 0.1) is 22.0 Å². The summed E-state index contributed by atoms with van der Waals surface area (Å²) in [5.41, 5.74) is 12.3. The van der Waals surface area contributed by atoms with Crippen LogP contribution in [0.15, 0.2) is 69.9 Å². The van der Waals surface area contributed by atoms with Crippen molar-refractivity contribution in [2.24, 2.45) is 5.73 Å². The molecule has 7 heteroatoms. The van der Waals surface area contributed by atoms with Gasteiger partial charge in [-0.3, -0.25) is 9.36 Å². The zero-order valence-electron chi connectivity index (χ0n) is 25.4. The van der Waals surface area contributed by atoms with E-state index >= 15 is 0 Å². The van der Waals surface area contributed by atoms with Crippen molar-refractivity contribution in [3.8, 4) is 5.69 Å². The largest absolute Gasteiger partial charge is 0.324 e. The predicted molar refractivity (Wildman–Crippen MR) is 184 cm³/mol. The monoisotopic (exact) mass is 672 g/mol.